The molecule has 0 bridgehead atoms. The molecule has 1 aromatic rings. The third-order valence-corrected chi connectivity index (χ3v) is 5.26. The van der Waals surface area contributed by atoms with E-state index in [1.54, 1.807) is 11.3 Å². The number of nitrogens with two attached hydrogens (primary N) is 1. The van der Waals surface area contributed by atoms with Crippen molar-refractivity contribution in [1.29, 1.82) is 0 Å². The minimum Gasteiger partial charge on any atom is -0.348 e. The summed E-state index contributed by atoms with van der Waals surface area (Å²) in [6.07, 6.45) is 6.33. The van der Waals surface area contributed by atoms with Crippen molar-refractivity contribution in [2.75, 3.05) is 11.9 Å². The van der Waals surface area contributed by atoms with Gasteiger partial charge in [-0.15, -0.1) is 11.3 Å². The summed E-state index contributed by atoms with van der Waals surface area (Å²) in [7, 11) is 2.20. The second-order valence-corrected chi connectivity index (χ2v) is 6.52. The maximum atomic E-state index is 5.79. The van der Waals surface area contributed by atoms with Gasteiger partial charge >= 0.3 is 0 Å². The van der Waals surface area contributed by atoms with E-state index in [0.29, 0.717) is 12.6 Å². The van der Waals surface area contributed by atoms with Gasteiger partial charge in [0.1, 0.15) is 0 Å². The van der Waals surface area contributed by atoms with Crippen LogP contribution >= 0.6 is 11.3 Å². The quantitative estimate of drug-likeness (QED) is 0.911. The van der Waals surface area contributed by atoms with Gasteiger partial charge in [-0.2, -0.15) is 0 Å². The molecule has 0 aliphatic heterocycles. The highest BCUT2D eigenvalue weighted by atomic mass is 32.1. The van der Waals surface area contributed by atoms with E-state index >= 15 is 0 Å². The van der Waals surface area contributed by atoms with Gasteiger partial charge in [-0.1, -0.05) is 26.7 Å². The Morgan fingerprint density at radius 3 is 2.78 bits per heavy atom. The molecule has 2 atom stereocenters. The normalized spacial score (nSPS) is 24.2. The average Bonchev–Trinajstić information content (AvgIpc) is 2.81. The van der Waals surface area contributed by atoms with E-state index in [1.165, 1.54) is 36.3 Å². The van der Waals surface area contributed by atoms with Gasteiger partial charge in [0.2, 0.25) is 0 Å². The lowest BCUT2D eigenvalue weighted by Crippen LogP contribution is -2.35. The zero-order chi connectivity index (χ0) is 13.1. The first kappa shape index (κ1) is 13.8. The molecule has 2 unspecified atom stereocenters. The summed E-state index contributed by atoms with van der Waals surface area (Å²) in [6.45, 7) is 5.14. The molecule has 0 saturated heterocycles. The second-order valence-electron chi connectivity index (χ2n) is 5.46. The SMILES string of the molecule is CCc1nc(N(C)C2CCCC(C)C2)sc1CN. The molecule has 1 aliphatic rings. The van der Waals surface area contributed by atoms with Crippen molar-refractivity contribution in [2.24, 2.45) is 11.7 Å². The summed E-state index contributed by atoms with van der Waals surface area (Å²) in [5.74, 6) is 0.853. The third-order valence-electron chi connectivity index (χ3n) is 4.05. The molecule has 1 fully saturated rings. The van der Waals surface area contributed by atoms with Crippen LogP contribution in [-0.4, -0.2) is 18.1 Å². The van der Waals surface area contributed by atoms with Crippen molar-refractivity contribution >= 4 is 16.5 Å². The number of thiazole rings is 1. The first-order chi connectivity index (χ1) is 8.65. The summed E-state index contributed by atoms with van der Waals surface area (Å²) < 4.78 is 0. The minimum absolute atomic E-state index is 0.621. The number of hydrogen-bond donors (Lipinski definition) is 1. The molecule has 0 amide bonds. The zero-order valence-corrected chi connectivity index (χ0v) is 12.6. The standard InChI is InChI=1S/C14H25N3S/c1-4-12-13(9-15)18-14(16-12)17(3)11-7-5-6-10(2)8-11/h10-11H,4-9,15H2,1-3H3. The molecule has 1 saturated carbocycles. The fraction of sp³-hybridized carbons (Fsp3) is 0.786. The Hall–Kier alpha value is -0.610. The van der Waals surface area contributed by atoms with E-state index in [1.807, 2.05) is 0 Å². The van der Waals surface area contributed by atoms with Gasteiger partial charge in [0, 0.05) is 24.5 Å². The number of aromatic nitrogens is 1. The van der Waals surface area contributed by atoms with E-state index in [9.17, 15) is 0 Å². The lowest BCUT2D eigenvalue weighted by atomic mass is 9.86. The Labute approximate surface area is 114 Å². The molecule has 0 radical (unpaired) electrons. The first-order valence-corrected chi connectivity index (χ1v) is 7.88. The van der Waals surface area contributed by atoms with Gasteiger partial charge < -0.3 is 10.6 Å². The van der Waals surface area contributed by atoms with E-state index in [0.717, 1.165) is 17.5 Å². The van der Waals surface area contributed by atoms with E-state index in [4.69, 9.17) is 10.7 Å². The van der Waals surface area contributed by atoms with Crippen LogP contribution < -0.4 is 10.6 Å². The maximum absolute atomic E-state index is 5.79. The lowest BCUT2D eigenvalue weighted by molar-refractivity contribution is 0.336. The fourth-order valence-electron chi connectivity index (χ4n) is 2.87. The van der Waals surface area contributed by atoms with Gasteiger partial charge in [0.25, 0.3) is 0 Å². The lowest BCUT2D eigenvalue weighted by Gasteiger charge is -2.33. The van der Waals surface area contributed by atoms with Crippen LogP contribution in [0.25, 0.3) is 0 Å². The van der Waals surface area contributed by atoms with Crippen molar-refractivity contribution in [3.05, 3.63) is 10.6 Å². The van der Waals surface area contributed by atoms with E-state index < -0.39 is 0 Å². The molecule has 1 aromatic heterocycles. The van der Waals surface area contributed by atoms with Gasteiger partial charge in [-0.3, -0.25) is 0 Å². The Morgan fingerprint density at radius 2 is 2.22 bits per heavy atom. The van der Waals surface area contributed by atoms with Crippen LogP contribution in [0.5, 0.6) is 0 Å². The molecule has 1 aliphatic carbocycles. The van der Waals surface area contributed by atoms with E-state index in [2.05, 4.69) is 25.8 Å². The largest absolute Gasteiger partial charge is 0.348 e. The highest BCUT2D eigenvalue weighted by Gasteiger charge is 2.24. The van der Waals surface area contributed by atoms with Gasteiger partial charge in [-0.25, -0.2) is 4.98 Å². The summed E-state index contributed by atoms with van der Waals surface area (Å²) in [6, 6.07) is 0.662. The van der Waals surface area contributed by atoms with Crippen LogP contribution in [0.3, 0.4) is 0 Å². The summed E-state index contributed by atoms with van der Waals surface area (Å²) in [5, 5.41) is 1.16. The molecule has 0 aromatic carbocycles. The Bertz CT molecular complexity index is 367. The Morgan fingerprint density at radius 1 is 1.44 bits per heavy atom. The highest BCUT2D eigenvalue weighted by Crippen LogP contribution is 2.32. The first-order valence-electron chi connectivity index (χ1n) is 7.07. The average molecular weight is 267 g/mol. The summed E-state index contributed by atoms with van der Waals surface area (Å²) >= 11 is 1.78. The predicted octanol–water partition coefficient (Wildman–Crippen LogP) is 3.18. The molecule has 2 rings (SSSR count). The number of nitrogens with zero attached hydrogens (tertiary/aromatic N) is 2. The summed E-state index contributed by atoms with van der Waals surface area (Å²) in [4.78, 5) is 8.40. The van der Waals surface area contributed by atoms with Crippen LogP contribution in [0.4, 0.5) is 5.13 Å². The van der Waals surface area contributed by atoms with Crippen LogP contribution in [0.1, 0.15) is 50.1 Å². The third kappa shape index (κ3) is 2.86. The molecule has 4 heteroatoms. The topological polar surface area (TPSA) is 42.2 Å². The predicted molar refractivity (Wildman–Crippen MR) is 79.2 cm³/mol. The monoisotopic (exact) mass is 267 g/mol. The van der Waals surface area contributed by atoms with Crippen molar-refractivity contribution in [3.8, 4) is 0 Å². The number of rotatable bonds is 4. The summed E-state index contributed by atoms with van der Waals surface area (Å²) in [5.41, 5.74) is 6.98. The van der Waals surface area contributed by atoms with E-state index in [-0.39, 0.29) is 0 Å². The molecular weight excluding hydrogens is 242 g/mol. The number of anilines is 1. The smallest absolute Gasteiger partial charge is 0.185 e. The van der Waals surface area contributed by atoms with Gasteiger partial charge in [-0.05, 0) is 25.2 Å². The van der Waals surface area contributed by atoms with Gasteiger partial charge in [0.15, 0.2) is 5.13 Å². The Kier molecular flexibility index (Phi) is 4.62. The molecule has 102 valence electrons. The van der Waals surface area contributed by atoms with Crippen LogP contribution in [0, 0.1) is 5.92 Å². The molecular formula is C14H25N3S. The number of hydrogen-bond acceptors (Lipinski definition) is 4. The highest BCUT2D eigenvalue weighted by molar-refractivity contribution is 7.15. The van der Waals surface area contributed by atoms with Crippen LogP contribution in [0.2, 0.25) is 0 Å². The van der Waals surface area contributed by atoms with Crippen molar-refractivity contribution in [3.63, 3.8) is 0 Å². The molecule has 2 N–H and O–H groups in total. The molecule has 0 spiro atoms. The number of aryl methyl sites for hydroxylation is 1. The minimum atomic E-state index is 0.621. The molecule has 3 nitrogen and oxygen atoms in total. The van der Waals surface area contributed by atoms with Crippen molar-refractivity contribution in [2.45, 2.75) is 58.5 Å². The zero-order valence-electron chi connectivity index (χ0n) is 11.8. The van der Waals surface area contributed by atoms with Crippen LogP contribution in [0.15, 0.2) is 0 Å². The van der Waals surface area contributed by atoms with Crippen molar-refractivity contribution < 1.29 is 0 Å². The van der Waals surface area contributed by atoms with Gasteiger partial charge in [0.05, 0.1) is 5.69 Å². The van der Waals surface area contributed by atoms with Crippen LogP contribution in [-0.2, 0) is 13.0 Å². The van der Waals surface area contributed by atoms with Crippen molar-refractivity contribution in [1.82, 2.24) is 4.98 Å². The second kappa shape index (κ2) is 6.02. The molecule has 18 heavy (non-hydrogen) atoms. The Balaban J connectivity index is 2.12. The maximum Gasteiger partial charge on any atom is 0.185 e. The molecule has 1 heterocycles. The fourth-order valence-corrected chi connectivity index (χ4v) is 3.93.